The van der Waals surface area contributed by atoms with Crippen molar-refractivity contribution < 1.29 is 22.7 Å². The van der Waals surface area contributed by atoms with Gasteiger partial charge in [0.2, 0.25) is 11.8 Å². The maximum atomic E-state index is 13.9. The Bertz CT molecular complexity index is 1410. The summed E-state index contributed by atoms with van der Waals surface area (Å²) < 4.78 is 34.1. The van der Waals surface area contributed by atoms with E-state index >= 15 is 0 Å². The van der Waals surface area contributed by atoms with Crippen LogP contribution in [0.4, 0.5) is 5.69 Å². The zero-order valence-corrected chi connectivity index (χ0v) is 24.3. The van der Waals surface area contributed by atoms with Crippen LogP contribution in [0, 0.1) is 6.92 Å². The van der Waals surface area contributed by atoms with Crippen LogP contribution in [0.3, 0.4) is 0 Å². The van der Waals surface area contributed by atoms with Crippen LogP contribution >= 0.6 is 11.6 Å². The first-order valence-corrected chi connectivity index (χ1v) is 14.3. The lowest BCUT2D eigenvalue weighted by molar-refractivity contribution is -0.139. The molecule has 0 radical (unpaired) electrons. The van der Waals surface area contributed by atoms with Crippen LogP contribution in [0.5, 0.6) is 5.75 Å². The van der Waals surface area contributed by atoms with E-state index in [0.717, 1.165) is 9.87 Å². The Labute approximate surface area is 235 Å². The highest BCUT2D eigenvalue weighted by atomic mass is 35.5. The van der Waals surface area contributed by atoms with Gasteiger partial charge in [-0.3, -0.25) is 13.9 Å². The number of aryl methyl sites for hydroxylation is 1. The number of carbonyl (C=O) groups is 2. The van der Waals surface area contributed by atoms with Gasteiger partial charge in [0.05, 0.1) is 17.7 Å². The van der Waals surface area contributed by atoms with Gasteiger partial charge in [-0.05, 0) is 63.6 Å². The van der Waals surface area contributed by atoms with Gasteiger partial charge in [0.15, 0.2) is 0 Å². The Balaban J connectivity index is 2.06. The number of sulfonamides is 1. The van der Waals surface area contributed by atoms with Gasteiger partial charge >= 0.3 is 0 Å². The number of methoxy groups -OCH3 is 1. The van der Waals surface area contributed by atoms with Crippen LogP contribution in [0.15, 0.2) is 77.7 Å². The van der Waals surface area contributed by atoms with Crippen molar-refractivity contribution in [2.45, 2.75) is 51.2 Å². The highest BCUT2D eigenvalue weighted by Crippen LogP contribution is 2.28. The summed E-state index contributed by atoms with van der Waals surface area (Å²) in [5.74, 6) is -0.499. The third-order valence-corrected chi connectivity index (χ3v) is 8.28. The molecule has 0 aliphatic rings. The zero-order chi connectivity index (χ0) is 28.7. The van der Waals surface area contributed by atoms with Gasteiger partial charge in [0.25, 0.3) is 10.0 Å². The van der Waals surface area contributed by atoms with E-state index in [1.165, 1.54) is 24.1 Å². The molecular weight excluding hydrogens is 538 g/mol. The summed E-state index contributed by atoms with van der Waals surface area (Å²) in [5, 5.41) is 3.26. The number of benzene rings is 3. The lowest BCUT2D eigenvalue weighted by atomic mass is 10.1. The van der Waals surface area contributed by atoms with Crippen molar-refractivity contribution >= 4 is 39.1 Å². The molecule has 0 saturated heterocycles. The second-order valence-corrected chi connectivity index (χ2v) is 11.7. The maximum Gasteiger partial charge on any atom is 0.264 e. The van der Waals surface area contributed by atoms with Gasteiger partial charge in [0, 0.05) is 23.7 Å². The SMILES string of the molecule is COc1cccc(N(CC(=O)N(Cc2ccccc2Cl)[C@H](C)C(=O)NC(C)C)S(=O)(=O)c2ccc(C)cc2)c1. The summed E-state index contributed by atoms with van der Waals surface area (Å²) in [5.41, 5.74) is 1.78. The van der Waals surface area contributed by atoms with Crippen LogP contribution in [-0.2, 0) is 26.2 Å². The largest absolute Gasteiger partial charge is 0.497 e. The molecule has 0 fully saturated rings. The van der Waals surface area contributed by atoms with Crippen LogP contribution in [0.25, 0.3) is 0 Å². The number of amides is 2. The molecule has 10 heteroatoms. The highest BCUT2D eigenvalue weighted by Gasteiger charge is 2.33. The number of nitrogens with zero attached hydrogens (tertiary/aromatic N) is 2. The van der Waals surface area contributed by atoms with E-state index in [1.807, 2.05) is 20.8 Å². The van der Waals surface area contributed by atoms with Gasteiger partial charge in [-0.15, -0.1) is 0 Å². The lowest BCUT2D eigenvalue weighted by Gasteiger charge is -2.32. The Kier molecular flexibility index (Phi) is 9.99. The first-order chi connectivity index (χ1) is 18.4. The summed E-state index contributed by atoms with van der Waals surface area (Å²) in [6.45, 7) is 6.58. The third kappa shape index (κ3) is 7.52. The predicted octanol–water partition coefficient (Wildman–Crippen LogP) is 4.79. The molecule has 3 aromatic rings. The summed E-state index contributed by atoms with van der Waals surface area (Å²) in [7, 11) is -2.69. The standard InChI is InChI=1S/C29H34ClN3O5S/c1-20(2)31-29(35)22(4)32(18-23-9-6-7-12-27(23)30)28(34)19-33(24-10-8-11-25(17-24)38-5)39(36,37)26-15-13-21(3)14-16-26/h6-17,20,22H,18-19H2,1-5H3,(H,31,35)/t22-/m1/s1. The van der Waals surface area contributed by atoms with E-state index in [4.69, 9.17) is 16.3 Å². The van der Waals surface area contributed by atoms with Crippen molar-refractivity contribution in [2.24, 2.45) is 0 Å². The molecule has 0 bridgehead atoms. The molecule has 1 atom stereocenters. The third-order valence-electron chi connectivity index (χ3n) is 6.13. The number of carbonyl (C=O) groups excluding carboxylic acids is 2. The normalized spacial score (nSPS) is 12.1. The van der Waals surface area contributed by atoms with E-state index in [9.17, 15) is 18.0 Å². The molecule has 2 amide bonds. The minimum atomic E-state index is -4.17. The Morgan fingerprint density at radius 2 is 1.64 bits per heavy atom. The highest BCUT2D eigenvalue weighted by molar-refractivity contribution is 7.92. The smallest absolute Gasteiger partial charge is 0.264 e. The van der Waals surface area contributed by atoms with Gasteiger partial charge in [-0.2, -0.15) is 0 Å². The van der Waals surface area contributed by atoms with E-state index in [-0.39, 0.29) is 29.1 Å². The maximum absolute atomic E-state index is 13.9. The second-order valence-electron chi connectivity index (χ2n) is 9.48. The van der Waals surface area contributed by atoms with Gasteiger partial charge in [-0.1, -0.05) is 53.6 Å². The Morgan fingerprint density at radius 3 is 2.26 bits per heavy atom. The molecule has 0 aliphatic heterocycles. The van der Waals surface area contributed by atoms with E-state index < -0.39 is 28.5 Å². The minimum absolute atomic E-state index is 0.0156. The molecule has 208 valence electrons. The average molecular weight is 572 g/mol. The fourth-order valence-electron chi connectivity index (χ4n) is 3.93. The number of halogens is 1. The quantitative estimate of drug-likeness (QED) is 0.357. The molecule has 3 rings (SSSR count). The Morgan fingerprint density at radius 1 is 0.974 bits per heavy atom. The van der Waals surface area contributed by atoms with Crippen molar-refractivity contribution in [3.63, 3.8) is 0 Å². The number of ether oxygens (including phenoxy) is 1. The van der Waals surface area contributed by atoms with Gasteiger partial charge in [0.1, 0.15) is 18.3 Å². The van der Waals surface area contributed by atoms with Crippen LogP contribution in [0.2, 0.25) is 5.02 Å². The summed E-state index contributed by atoms with van der Waals surface area (Å²) in [6.07, 6.45) is 0. The molecule has 0 aromatic heterocycles. The number of nitrogens with one attached hydrogen (secondary N) is 1. The number of hydrogen-bond donors (Lipinski definition) is 1. The molecule has 39 heavy (non-hydrogen) atoms. The van der Waals surface area contributed by atoms with E-state index in [1.54, 1.807) is 67.6 Å². The van der Waals surface area contributed by atoms with E-state index in [2.05, 4.69) is 5.32 Å². The fraction of sp³-hybridized carbons (Fsp3) is 0.310. The van der Waals surface area contributed by atoms with Crippen molar-refractivity contribution in [1.82, 2.24) is 10.2 Å². The number of rotatable bonds is 11. The van der Waals surface area contributed by atoms with Gasteiger partial charge < -0.3 is 15.0 Å². The lowest BCUT2D eigenvalue weighted by Crippen LogP contribution is -2.52. The van der Waals surface area contributed by atoms with Crippen molar-refractivity contribution in [3.05, 3.63) is 88.9 Å². The predicted molar refractivity (Wildman–Crippen MR) is 153 cm³/mol. The number of anilines is 1. The first kappa shape index (κ1) is 30.0. The van der Waals surface area contributed by atoms with E-state index in [0.29, 0.717) is 16.3 Å². The molecule has 0 unspecified atom stereocenters. The zero-order valence-electron chi connectivity index (χ0n) is 22.7. The molecule has 3 aromatic carbocycles. The topological polar surface area (TPSA) is 96.0 Å². The molecule has 0 heterocycles. The van der Waals surface area contributed by atoms with Gasteiger partial charge in [-0.25, -0.2) is 8.42 Å². The summed E-state index contributed by atoms with van der Waals surface area (Å²) >= 11 is 6.38. The molecule has 1 N–H and O–H groups in total. The molecule has 0 saturated carbocycles. The first-order valence-electron chi connectivity index (χ1n) is 12.5. The minimum Gasteiger partial charge on any atom is -0.497 e. The van der Waals surface area contributed by atoms with Crippen molar-refractivity contribution in [1.29, 1.82) is 0 Å². The molecule has 0 aliphatic carbocycles. The van der Waals surface area contributed by atoms with Crippen LogP contribution in [0.1, 0.15) is 31.9 Å². The monoisotopic (exact) mass is 571 g/mol. The summed E-state index contributed by atoms with van der Waals surface area (Å²) in [4.78, 5) is 28.3. The van der Waals surface area contributed by atoms with Crippen LogP contribution < -0.4 is 14.4 Å². The van der Waals surface area contributed by atoms with Crippen molar-refractivity contribution in [2.75, 3.05) is 18.0 Å². The fourth-order valence-corrected chi connectivity index (χ4v) is 5.53. The number of hydrogen-bond acceptors (Lipinski definition) is 5. The summed E-state index contributed by atoms with van der Waals surface area (Å²) in [6, 6.07) is 18.8. The Hall–Kier alpha value is -3.56. The second kappa shape index (κ2) is 13.0. The van der Waals surface area contributed by atoms with Crippen molar-refractivity contribution in [3.8, 4) is 5.75 Å². The molecule has 8 nitrogen and oxygen atoms in total. The molecule has 0 spiro atoms. The average Bonchev–Trinajstić information content (AvgIpc) is 2.90. The molecular formula is C29H34ClN3O5S. The van der Waals surface area contributed by atoms with Crippen LogP contribution in [-0.4, -0.2) is 50.9 Å².